The van der Waals surface area contributed by atoms with E-state index in [0.717, 1.165) is 32.4 Å². The Kier molecular flexibility index (Phi) is 6.64. The quantitative estimate of drug-likeness (QED) is 0.545. The lowest BCUT2D eigenvalue weighted by atomic mass is 10.2. The smallest absolute Gasteiger partial charge is 0.188 e. The highest BCUT2D eigenvalue weighted by Crippen LogP contribution is 2.11. The number of nitrogens with two attached hydrogens (primary N) is 1. The monoisotopic (exact) mass is 245 g/mol. The molecule has 0 bridgehead atoms. The second kappa shape index (κ2) is 7.79. The minimum absolute atomic E-state index is 0.283. The number of rotatable bonds is 6. The van der Waals surface area contributed by atoms with E-state index in [0.29, 0.717) is 17.8 Å². The molecule has 0 amide bonds. The van der Waals surface area contributed by atoms with Gasteiger partial charge in [0, 0.05) is 18.4 Å². The normalized spacial score (nSPS) is 23.4. The van der Waals surface area contributed by atoms with Gasteiger partial charge >= 0.3 is 0 Å². The Balaban J connectivity index is 2.08. The van der Waals surface area contributed by atoms with E-state index in [9.17, 15) is 0 Å². The fourth-order valence-corrected chi connectivity index (χ4v) is 1.92. The van der Waals surface area contributed by atoms with Crippen molar-refractivity contribution in [1.82, 2.24) is 5.32 Å². The maximum Gasteiger partial charge on any atom is 0.188 e. The predicted molar refractivity (Wildman–Crippen MR) is 71.1 cm³/mol. The van der Waals surface area contributed by atoms with Gasteiger partial charge in [-0.15, -0.1) is 0 Å². The molecule has 1 saturated heterocycles. The fraction of sp³-hybridized carbons (Fsp3) is 0.909. The van der Waals surface area contributed by atoms with Crippen LogP contribution in [0.4, 0.5) is 0 Å². The SMILES string of the molecule is CS[C@@H](C)CCNC(N)=NC[C@H]1CCCO1. The van der Waals surface area contributed by atoms with Crippen LogP contribution in [0.15, 0.2) is 4.99 Å². The summed E-state index contributed by atoms with van der Waals surface area (Å²) in [5, 5.41) is 3.80. The van der Waals surface area contributed by atoms with Crippen LogP contribution in [0.5, 0.6) is 0 Å². The molecule has 1 fully saturated rings. The molecule has 0 radical (unpaired) electrons. The maximum absolute atomic E-state index is 5.76. The van der Waals surface area contributed by atoms with Gasteiger partial charge in [-0.2, -0.15) is 11.8 Å². The summed E-state index contributed by atoms with van der Waals surface area (Å²) < 4.78 is 5.47. The summed E-state index contributed by atoms with van der Waals surface area (Å²) in [6.45, 7) is 4.67. The van der Waals surface area contributed by atoms with E-state index in [2.05, 4.69) is 23.5 Å². The van der Waals surface area contributed by atoms with Crippen LogP contribution in [0.25, 0.3) is 0 Å². The third-order valence-electron chi connectivity index (χ3n) is 2.75. The van der Waals surface area contributed by atoms with E-state index in [1.165, 1.54) is 0 Å². The van der Waals surface area contributed by atoms with Crippen molar-refractivity contribution in [3.8, 4) is 0 Å². The molecule has 4 nitrogen and oxygen atoms in total. The van der Waals surface area contributed by atoms with E-state index >= 15 is 0 Å². The standard InChI is InChI=1S/C11H23N3OS/c1-9(16-2)5-6-13-11(12)14-8-10-4-3-7-15-10/h9-10H,3-8H2,1-2H3,(H3,12,13,14)/t9-,10+/m0/s1. The summed E-state index contributed by atoms with van der Waals surface area (Å²) in [4.78, 5) is 4.28. The molecule has 94 valence electrons. The number of ether oxygens (including phenoxy) is 1. The van der Waals surface area contributed by atoms with Crippen LogP contribution in [0, 0.1) is 0 Å². The molecule has 0 aromatic heterocycles. The molecule has 0 aromatic carbocycles. The molecule has 1 heterocycles. The van der Waals surface area contributed by atoms with E-state index in [4.69, 9.17) is 10.5 Å². The zero-order valence-electron chi connectivity index (χ0n) is 10.2. The second-order valence-corrected chi connectivity index (χ2v) is 5.40. The highest BCUT2D eigenvalue weighted by atomic mass is 32.2. The third kappa shape index (κ3) is 5.61. The van der Waals surface area contributed by atoms with Gasteiger partial charge in [-0.3, -0.25) is 4.99 Å². The average Bonchev–Trinajstić information content (AvgIpc) is 2.79. The highest BCUT2D eigenvalue weighted by molar-refractivity contribution is 7.99. The van der Waals surface area contributed by atoms with E-state index in [-0.39, 0.29) is 6.10 Å². The first-order chi connectivity index (χ1) is 7.72. The molecule has 5 heteroatoms. The summed E-state index contributed by atoms with van der Waals surface area (Å²) in [6, 6.07) is 0. The van der Waals surface area contributed by atoms with Crippen molar-refractivity contribution in [2.75, 3.05) is 26.0 Å². The summed E-state index contributed by atoms with van der Waals surface area (Å²) >= 11 is 1.87. The molecule has 0 spiro atoms. The summed E-state index contributed by atoms with van der Waals surface area (Å²) in [5.74, 6) is 0.545. The van der Waals surface area contributed by atoms with Crippen LogP contribution in [0.2, 0.25) is 0 Å². The molecule has 0 unspecified atom stereocenters. The minimum Gasteiger partial charge on any atom is -0.376 e. The van der Waals surface area contributed by atoms with Crippen LogP contribution in [-0.2, 0) is 4.74 Å². The van der Waals surface area contributed by atoms with Gasteiger partial charge in [0.1, 0.15) is 0 Å². The summed E-state index contributed by atoms with van der Waals surface area (Å²) in [7, 11) is 0. The number of thioether (sulfide) groups is 1. The first kappa shape index (κ1) is 13.6. The van der Waals surface area contributed by atoms with Gasteiger partial charge in [0.2, 0.25) is 0 Å². The van der Waals surface area contributed by atoms with Gasteiger partial charge in [0.05, 0.1) is 12.6 Å². The van der Waals surface area contributed by atoms with Gasteiger partial charge in [-0.1, -0.05) is 6.92 Å². The van der Waals surface area contributed by atoms with Crippen LogP contribution >= 0.6 is 11.8 Å². The first-order valence-electron chi connectivity index (χ1n) is 5.90. The van der Waals surface area contributed by atoms with Crippen LogP contribution < -0.4 is 11.1 Å². The van der Waals surface area contributed by atoms with Crippen molar-refractivity contribution in [3.63, 3.8) is 0 Å². The average molecular weight is 245 g/mol. The molecule has 3 N–H and O–H groups in total. The second-order valence-electron chi connectivity index (χ2n) is 4.12. The number of nitrogens with zero attached hydrogens (tertiary/aromatic N) is 1. The van der Waals surface area contributed by atoms with Crippen molar-refractivity contribution >= 4 is 17.7 Å². The van der Waals surface area contributed by atoms with Crippen molar-refractivity contribution in [2.45, 2.75) is 37.5 Å². The molecule has 1 rings (SSSR count). The van der Waals surface area contributed by atoms with Crippen LogP contribution in [0.3, 0.4) is 0 Å². The van der Waals surface area contributed by atoms with Gasteiger partial charge < -0.3 is 15.8 Å². The van der Waals surface area contributed by atoms with Crippen molar-refractivity contribution in [1.29, 1.82) is 0 Å². The Morgan fingerprint density at radius 2 is 2.50 bits per heavy atom. The van der Waals surface area contributed by atoms with Gasteiger partial charge in [0.25, 0.3) is 0 Å². The Morgan fingerprint density at radius 1 is 1.69 bits per heavy atom. The Bertz CT molecular complexity index is 217. The van der Waals surface area contributed by atoms with E-state index in [1.54, 1.807) is 0 Å². The number of guanidine groups is 1. The van der Waals surface area contributed by atoms with Crippen LogP contribution in [0.1, 0.15) is 26.2 Å². The van der Waals surface area contributed by atoms with Crippen molar-refractivity contribution < 1.29 is 4.74 Å². The molecular formula is C11H23N3OS. The molecule has 16 heavy (non-hydrogen) atoms. The minimum atomic E-state index is 0.283. The molecule has 1 aliphatic rings. The molecular weight excluding hydrogens is 222 g/mol. The molecule has 0 aromatic rings. The van der Waals surface area contributed by atoms with Gasteiger partial charge in [-0.25, -0.2) is 0 Å². The highest BCUT2D eigenvalue weighted by Gasteiger charge is 2.14. The zero-order valence-corrected chi connectivity index (χ0v) is 11.1. The topological polar surface area (TPSA) is 59.6 Å². The first-order valence-corrected chi connectivity index (χ1v) is 7.19. The molecule has 0 saturated carbocycles. The summed E-state index contributed by atoms with van der Waals surface area (Å²) in [5.41, 5.74) is 5.76. The number of aliphatic imine (C=N–C) groups is 1. The van der Waals surface area contributed by atoms with E-state index < -0.39 is 0 Å². The fourth-order valence-electron chi connectivity index (χ4n) is 1.57. The Labute approximate surface area is 102 Å². The lowest BCUT2D eigenvalue weighted by Crippen LogP contribution is -2.34. The Morgan fingerprint density at radius 3 is 3.12 bits per heavy atom. The van der Waals surface area contributed by atoms with E-state index in [1.807, 2.05) is 11.8 Å². The van der Waals surface area contributed by atoms with Gasteiger partial charge in [0.15, 0.2) is 5.96 Å². The van der Waals surface area contributed by atoms with Crippen molar-refractivity contribution in [2.24, 2.45) is 10.7 Å². The maximum atomic E-state index is 5.76. The Hall–Kier alpha value is -0.420. The van der Waals surface area contributed by atoms with Gasteiger partial charge in [-0.05, 0) is 25.5 Å². The predicted octanol–water partition coefficient (Wildman–Crippen LogP) is 1.21. The summed E-state index contributed by atoms with van der Waals surface area (Å²) in [6.07, 6.45) is 5.78. The lowest BCUT2D eigenvalue weighted by Gasteiger charge is -2.10. The zero-order chi connectivity index (χ0) is 11.8. The van der Waals surface area contributed by atoms with Crippen LogP contribution in [-0.4, -0.2) is 43.3 Å². The third-order valence-corrected chi connectivity index (χ3v) is 3.79. The van der Waals surface area contributed by atoms with Crippen molar-refractivity contribution in [3.05, 3.63) is 0 Å². The number of nitrogens with one attached hydrogen (secondary N) is 1. The molecule has 1 aliphatic heterocycles. The molecule has 2 atom stereocenters. The lowest BCUT2D eigenvalue weighted by molar-refractivity contribution is 0.118. The number of hydrogen-bond donors (Lipinski definition) is 2. The number of hydrogen-bond acceptors (Lipinski definition) is 3. The molecule has 0 aliphatic carbocycles. The largest absolute Gasteiger partial charge is 0.376 e.